The molecule has 196 valence electrons. The molecule has 2 aromatic carbocycles. The van der Waals surface area contributed by atoms with Gasteiger partial charge in [0.25, 0.3) is 0 Å². The number of anilines is 1. The molecule has 0 saturated heterocycles. The predicted octanol–water partition coefficient (Wildman–Crippen LogP) is 4.09. The van der Waals surface area contributed by atoms with Crippen LogP contribution in [0.5, 0.6) is 5.75 Å². The number of halogens is 1. The number of carbonyl (C=O) groups excluding carboxylic acids is 2. The molecule has 1 fully saturated rings. The third-order valence-electron chi connectivity index (χ3n) is 6.22. The van der Waals surface area contributed by atoms with Gasteiger partial charge in [-0.2, -0.15) is 0 Å². The van der Waals surface area contributed by atoms with Crippen LogP contribution in [-0.4, -0.2) is 56.6 Å². The summed E-state index contributed by atoms with van der Waals surface area (Å²) in [6.07, 6.45) is 5.05. The van der Waals surface area contributed by atoms with Crippen molar-refractivity contribution < 1.29 is 22.7 Å². The lowest BCUT2D eigenvalue weighted by atomic mass is 10.1. The number of carbonyl (C=O) groups is 2. The fourth-order valence-electron chi connectivity index (χ4n) is 4.34. The number of hydrogen-bond acceptors (Lipinski definition) is 5. The highest BCUT2D eigenvalue weighted by molar-refractivity contribution is 9.10. The van der Waals surface area contributed by atoms with E-state index in [0.717, 1.165) is 46.3 Å². The van der Waals surface area contributed by atoms with E-state index in [1.165, 1.54) is 4.90 Å². The molecule has 1 aliphatic carbocycles. The van der Waals surface area contributed by atoms with Crippen molar-refractivity contribution in [1.82, 2.24) is 10.2 Å². The van der Waals surface area contributed by atoms with E-state index in [0.29, 0.717) is 12.4 Å². The van der Waals surface area contributed by atoms with Gasteiger partial charge in [0.1, 0.15) is 18.3 Å². The fraction of sp³-hybridized carbons (Fsp3) is 0.462. The molecule has 36 heavy (non-hydrogen) atoms. The number of benzene rings is 2. The van der Waals surface area contributed by atoms with E-state index in [4.69, 9.17) is 4.74 Å². The molecule has 1 N–H and O–H groups in total. The smallest absolute Gasteiger partial charge is 0.244 e. The highest BCUT2D eigenvalue weighted by atomic mass is 79.9. The highest BCUT2D eigenvalue weighted by Gasteiger charge is 2.32. The van der Waals surface area contributed by atoms with Crippen molar-refractivity contribution in [2.75, 3.05) is 23.7 Å². The van der Waals surface area contributed by atoms with Crippen molar-refractivity contribution >= 4 is 43.5 Å². The molecule has 0 radical (unpaired) electrons. The molecule has 8 nitrogen and oxygen atoms in total. The Morgan fingerprint density at radius 1 is 1.14 bits per heavy atom. The van der Waals surface area contributed by atoms with E-state index in [1.807, 2.05) is 24.3 Å². The van der Waals surface area contributed by atoms with Gasteiger partial charge in [0.05, 0.1) is 18.6 Å². The van der Waals surface area contributed by atoms with Gasteiger partial charge < -0.3 is 15.0 Å². The molecule has 1 aliphatic rings. The monoisotopic (exact) mass is 579 g/mol. The van der Waals surface area contributed by atoms with Crippen molar-refractivity contribution in [3.05, 3.63) is 58.6 Å². The first-order chi connectivity index (χ1) is 17.1. The number of ether oxygens (including phenoxy) is 1. The minimum atomic E-state index is -3.83. The lowest BCUT2D eigenvalue weighted by molar-refractivity contribution is -0.139. The molecule has 0 spiro atoms. The van der Waals surface area contributed by atoms with Crippen molar-refractivity contribution in [3.63, 3.8) is 0 Å². The maximum Gasteiger partial charge on any atom is 0.244 e. The van der Waals surface area contributed by atoms with Gasteiger partial charge in [-0.15, -0.1) is 0 Å². The van der Waals surface area contributed by atoms with Crippen molar-refractivity contribution in [3.8, 4) is 5.75 Å². The first kappa shape index (κ1) is 28.0. The number of rotatable bonds is 11. The maximum absolute atomic E-state index is 13.7. The van der Waals surface area contributed by atoms with Crippen LogP contribution in [0, 0.1) is 0 Å². The average Bonchev–Trinajstić information content (AvgIpc) is 3.33. The molecule has 0 heterocycles. The van der Waals surface area contributed by atoms with Gasteiger partial charge in [-0.25, -0.2) is 8.42 Å². The van der Waals surface area contributed by atoms with Gasteiger partial charge in [-0.3, -0.25) is 13.9 Å². The quantitative estimate of drug-likeness (QED) is 0.432. The Balaban J connectivity index is 1.91. The number of amides is 2. The zero-order valence-electron chi connectivity index (χ0n) is 20.9. The van der Waals surface area contributed by atoms with E-state index in [9.17, 15) is 18.0 Å². The van der Waals surface area contributed by atoms with Crippen LogP contribution in [-0.2, 0) is 26.2 Å². The van der Waals surface area contributed by atoms with Gasteiger partial charge >= 0.3 is 0 Å². The summed E-state index contributed by atoms with van der Waals surface area (Å²) < 4.78 is 33.1. The van der Waals surface area contributed by atoms with Crippen LogP contribution in [0.15, 0.2) is 53.0 Å². The van der Waals surface area contributed by atoms with Crippen LogP contribution in [0.3, 0.4) is 0 Å². The Labute approximate surface area is 222 Å². The van der Waals surface area contributed by atoms with Crippen LogP contribution < -0.4 is 14.4 Å². The number of para-hydroxylation sites is 2. The summed E-state index contributed by atoms with van der Waals surface area (Å²) in [5.74, 6) is -0.365. The molecular weight excluding hydrogens is 546 g/mol. The summed E-state index contributed by atoms with van der Waals surface area (Å²) in [5.41, 5.74) is 1.10. The zero-order valence-corrected chi connectivity index (χ0v) is 23.3. The number of nitrogens with zero attached hydrogens (tertiary/aromatic N) is 2. The summed E-state index contributed by atoms with van der Waals surface area (Å²) in [4.78, 5) is 28.3. The molecule has 2 aromatic rings. The molecular formula is C26H34BrN3O5S. The van der Waals surface area contributed by atoms with E-state index in [-0.39, 0.29) is 24.2 Å². The topological polar surface area (TPSA) is 96.0 Å². The number of sulfonamides is 1. The standard InChI is InChI=1S/C26H34BrN3O5S/c1-4-35-24-15-8-7-14-23(24)30(36(3,33)34)18-25(31)29(17-20-10-9-11-21(27)16-20)19(2)26(32)28-22-12-5-6-13-22/h7-11,14-16,19,22H,4-6,12-13,17-18H2,1-3H3,(H,28,32). The minimum absolute atomic E-state index is 0.105. The van der Waals surface area contributed by atoms with Crippen molar-refractivity contribution in [1.29, 1.82) is 0 Å². The third-order valence-corrected chi connectivity index (χ3v) is 7.84. The molecule has 1 atom stereocenters. The second-order valence-electron chi connectivity index (χ2n) is 8.99. The lowest BCUT2D eigenvalue weighted by Gasteiger charge is -2.32. The molecule has 2 amide bonds. The maximum atomic E-state index is 13.7. The summed E-state index contributed by atoms with van der Waals surface area (Å²) in [5, 5.41) is 3.06. The van der Waals surface area contributed by atoms with E-state index >= 15 is 0 Å². The van der Waals surface area contributed by atoms with Gasteiger partial charge in [0.15, 0.2) is 0 Å². The Morgan fingerprint density at radius 2 is 1.83 bits per heavy atom. The lowest BCUT2D eigenvalue weighted by Crippen LogP contribution is -2.52. The van der Waals surface area contributed by atoms with Crippen molar-refractivity contribution in [2.45, 2.75) is 58.2 Å². The fourth-order valence-corrected chi connectivity index (χ4v) is 5.64. The zero-order chi connectivity index (χ0) is 26.3. The molecule has 0 bridgehead atoms. The van der Waals surface area contributed by atoms with Crippen molar-refractivity contribution in [2.24, 2.45) is 0 Å². The second-order valence-corrected chi connectivity index (χ2v) is 11.8. The van der Waals surface area contributed by atoms with Gasteiger partial charge in [0.2, 0.25) is 21.8 Å². The third kappa shape index (κ3) is 7.46. The SMILES string of the molecule is CCOc1ccccc1N(CC(=O)N(Cc1cccc(Br)c1)C(C)C(=O)NC1CCCC1)S(C)(=O)=O. The largest absolute Gasteiger partial charge is 0.492 e. The van der Waals surface area contributed by atoms with Gasteiger partial charge in [-0.05, 0) is 56.5 Å². The van der Waals surface area contributed by atoms with Crippen LogP contribution in [0.4, 0.5) is 5.69 Å². The number of hydrogen-bond donors (Lipinski definition) is 1. The van der Waals surface area contributed by atoms with E-state index in [1.54, 1.807) is 38.1 Å². The average molecular weight is 581 g/mol. The molecule has 3 rings (SSSR count). The summed E-state index contributed by atoms with van der Waals surface area (Å²) in [7, 11) is -3.83. The highest BCUT2D eigenvalue weighted by Crippen LogP contribution is 2.30. The molecule has 10 heteroatoms. The predicted molar refractivity (Wildman–Crippen MR) is 144 cm³/mol. The van der Waals surface area contributed by atoms with Gasteiger partial charge in [-0.1, -0.05) is 53.0 Å². The Bertz CT molecular complexity index is 1170. The second kappa shape index (κ2) is 12.6. The Hall–Kier alpha value is -2.59. The first-order valence-corrected chi connectivity index (χ1v) is 14.8. The molecule has 0 aromatic heterocycles. The van der Waals surface area contributed by atoms with Gasteiger partial charge in [0, 0.05) is 17.1 Å². The molecule has 0 aliphatic heterocycles. The Morgan fingerprint density at radius 3 is 2.47 bits per heavy atom. The molecule has 1 unspecified atom stereocenters. The van der Waals surface area contributed by atoms with Crippen LogP contribution in [0.2, 0.25) is 0 Å². The Kier molecular flexibility index (Phi) is 9.78. The number of nitrogens with one attached hydrogen (secondary N) is 1. The van der Waals surface area contributed by atoms with E-state index in [2.05, 4.69) is 21.2 Å². The summed E-state index contributed by atoms with van der Waals surface area (Å²) in [6, 6.07) is 13.5. The van der Waals surface area contributed by atoms with Crippen LogP contribution >= 0.6 is 15.9 Å². The first-order valence-electron chi connectivity index (χ1n) is 12.1. The van der Waals surface area contributed by atoms with E-state index < -0.39 is 28.5 Å². The summed E-state index contributed by atoms with van der Waals surface area (Å²) in [6.45, 7) is 3.52. The summed E-state index contributed by atoms with van der Waals surface area (Å²) >= 11 is 3.45. The molecule has 1 saturated carbocycles. The van der Waals surface area contributed by atoms with Crippen LogP contribution in [0.1, 0.15) is 45.1 Å². The normalized spacial score (nSPS) is 14.8. The minimum Gasteiger partial charge on any atom is -0.492 e. The van der Waals surface area contributed by atoms with Crippen LogP contribution in [0.25, 0.3) is 0 Å².